The molecule has 0 saturated carbocycles. The van der Waals surface area contributed by atoms with Gasteiger partial charge in [0.2, 0.25) is 0 Å². The zero-order chi connectivity index (χ0) is 9.84. The van der Waals surface area contributed by atoms with Gasteiger partial charge in [-0.2, -0.15) is 0 Å². The van der Waals surface area contributed by atoms with Gasteiger partial charge >= 0.3 is 0 Å². The fraction of sp³-hybridized carbons (Fsp3) is 0.333. The van der Waals surface area contributed by atoms with Crippen molar-refractivity contribution in [3.05, 3.63) is 29.6 Å². The van der Waals surface area contributed by atoms with Crippen LogP contribution >= 0.6 is 0 Å². The monoisotopic (exact) mass is 184 g/mol. The van der Waals surface area contributed by atoms with Crippen LogP contribution in [0.2, 0.25) is 0 Å². The first kappa shape index (κ1) is 9.95. The van der Waals surface area contributed by atoms with Gasteiger partial charge in [0, 0.05) is 6.04 Å². The van der Waals surface area contributed by atoms with Crippen molar-refractivity contribution in [1.82, 2.24) is 0 Å². The van der Waals surface area contributed by atoms with Crippen molar-refractivity contribution >= 4 is 0 Å². The van der Waals surface area contributed by atoms with Gasteiger partial charge in [-0.1, -0.05) is 6.07 Å². The minimum atomic E-state index is -0.421. The van der Waals surface area contributed by atoms with Gasteiger partial charge in [0.25, 0.3) is 0 Å². The second-order valence-electron chi connectivity index (χ2n) is 2.79. The highest BCUT2D eigenvalue weighted by molar-refractivity contribution is 5.31. The first-order valence-electron chi connectivity index (χ1n) is 4.03. The van der Waals surface area contributed by atoms with E-state index < -0.39 is 5.82 Å². The Morgan fingerprint density at radius 3 is 2.77 bits per heavy atom. The molecule has 1 aromatic carbocycles. The van der Waals surface area contributed by atoms with Crippen molar-refractivity contribution in [2.75, 3.05) is 6.73 Å². The van der Waals surface area contributed by atoms with Crippen LogP contribution in [0.15, 0.2) is 18.2 Å². The minimum Gasteiger partial charge on any atom is -0.476 e. The molecule has 0 aliphatic rings. The number of halogens is 1. The molecular weight excluding hydrogens is 171 g/mol. The summed E-state index contributed by atoms with van der Waals surface area (Å²) in [5.74, 6) is -0.271. The zero-order valence-corrected chi connectivity index (χ0v) is 7.46. The molecule has 0 spiro atoms. The summed E-state index contributed by atoms with van der Waals surface area (Å²) in [5.41, 5.74) is 11.6. The summed E-state index contributed by atoms with van der Waals surface area (Å²) in [5, 5.41) is 0. The lowest BCUT2D eigenvalue weighted by Crippen LogP contribution is -2.10. The Bertz CT molecular complexity index is 289. The predicted molar refractivity (Wildman–Crippen MR) is 48.7 cm³/mol. The van der Waals surface area contributed by atoms with Gasteiger partial charge in [-0.15, -0.1) is 0 Å². The molecule has 4 heteroatoms. The Hall–Kier alpha value is -1.13. The molecular formula is C9H13FN2O. The molecule has 0 unspecified atom stereocenters. The van der Waals surface area contributed by atoms with E-state index in [4.69, 9.17) is 16.2 Å². The Labute approximate surface area is 76.5 Å². The number of hydrogen-bond donors (Lipinski definition) is 2. The largest absolute Gasteiger partial charge is 0.476 e. The van der Waals surface area contributed by atoms with E-state index in [2.05, 4.69) is 0 Å². The number of ether oxygens (including phenoxy) is 1. The van der Waals surface area contributed by atoms with E-state index in [-0.39, 0.29) is 18.5 Å². The first-order valence-corrected chi connectivity index (χ1v) is 4.03. The third kappa shape index (κ3) is 2.40. The quantitative estimate of drug-likeness (QED) is 0.692. The van der Waals surface area contributed by atoms with E-state index in [1.165, 1.54) is 6.07 Å². The van der Waals surface area contributed by atoms with Crippen molar-refractivity contribution < 1.29 is 9.13 Å². The van der Waals surface area contributed by atoms with Crippen molar-refractivity contribution in [2.24, 2.45) is 11.5 Å². The molecule has 4 N–H and O–H groups in total. The first-order chi connectivity index (χ1) is 6.15. The molecule has 0 fully saturated rings. The highest BCUT2D eigenvalue weighted by Crippen LogP contribution is 2.21. The molecule has 1 aromatic rings. The van der Waals surface area contributed by atoms with Crippen molar-refractivity contribution in [3.63, 3.8) is 0 Å². The van der Waals surface area contributed by atoms with Crippen molar-refractivity contribution in [1.29, 1.82) is 0 Å². The molecule has 0 aliphatic carbocycles. The number of nitrogens with two attached hydrogens (primary N) is 2. The second kappa shape index (κ2) is 4.20. The van der Waals surface area contributed by atoms with Gasteiger partial charge in [-0.05, 0) is 24.6 Å². The summed E-state index contributed by atoms with van der Waals surface area (Å²) in [6.45, 7) is 1.78. The Morgan fingerprint density at radius 1 is 1.54 bits per heavy atom. The average Bonchev–Trinajstić information content (AvgIpc) is 2.08. The third-order valence-corrected chi connectivity index (χ3v) is 1.72. The molecule has 1 rings (SSSR count). The summed E-state index contributed by atoms with van der Waals surface area (Å²) in [7, 11) is 0. The Balaban J connectivity index is 2.97. The lowest BCUT2D eigenvalue weighted by atomic mass is 10.1. The summed E-state index contributed by atoms with van der Waals surface area (Å²) in [6.07, 6.45) is 0. The predicted octanol–water partition coefficient (Wildman–Crippen LogP) is 1.14. The fourth-order valence-electron chi connectivity index (χ4n) is 1.00. The van der Waals surface area contributed by atoms with Crippen LogP contribution in [0.4, 0.5) is 4.39 Å². The van der Waals surface area contributed by atoms with E-state index in [1.807, 2.05) is 6.92 Å². The van der Waals surface area contributed by atoms with Crippen molar-refractivity contribution in [2.45, 2.75) is 13.0 Å². The van der Waals surface area contributed by atoms with Gasteiger partial charge in [-0.3, -0.25) is 5.73 Å². The molecule has 0 radical (unpaired) electrons. The third-order valence-electron chi connectivity index (χ3n) is 1.72. The molecule has 0 amide bonds. The maximum absolute atomic E-state index is 13.0. The smallest absolute Gasteiger partial charge is 0.165 e. The molecule has 72 valence electrons. The van der Waals surface area contributed by atoms with E-state index >= 15 is 0 Å². The fourth-order valence-corrected chi connectivity index (χ4v) is 1.00. The molecule has 3 nitrogen and oxygen atoms in total. The Kier molecular flexibility index (Phi) is 3.22. The highest BCUT2D eigenvalue weighted by atomic mass is 19.1. The SMILES string of the molecule is C[C@@H](N)c1ccc(F)c(OCN)c1. The van der Waals surface area contributed by atoms with Crippen LogP contribution in [-0.2, 0) is 0 Å². The molecule has 1 atom stereocenters. The molecule has 0 aromatic heterocycles. The van der Waals surface area contributed by atoms with Crippen LogP contribution in [0.25, 0.3) is 0 Å². The summed E-state index contributed by atoms with van der Waals surface area (Å²) >= 11 is 0. The summed E-state index contributed by atoms with van der Waals surface area (Å²) in [6, 6.07) is 4.38. The van der Waals surface area contributed by atoms with E-state index in [1.54, 1.807) is 12.1 Å². The van der Waals surface area contributed by atoms with Crippen LogP contribution in [0, 0.1) is 5.82 Å². The lowest BCUT2D eigenvalue weighted by molar-refractivity contribution is 0.311. The van der Waals surface area contributed by atoms with Crippen LogP contribution in [0.1, 0.15) is 18.5 Å². The van der Waals surface area contributed by atoms with Crippen molar-refractivity contribution in [3.8, 4) is 5.75 Å². The van der Waals surface area contributed by atoms with Crippen LogP contribution in [-0.4, -0.2) is 6.73 Å². The van der Waals surface area contributed by atoms with Crippen LogP contribution < -0.4 is 16.2 Å². The molecule has 0 heterocycles. The summed E-state index contributed by atoms with van der Waals surface area (Å²) < 4.78 is 17.9. The second-order valence-corrected chi connectivity index (χ2v) is 2.79. The molecule has 0 saturated heterocycles. The summed E-state index contributed by atoms with van der Waals surface area (Å²) in [4.78, 5) is 0. The van der Waals surface area contributed by atoms with Gasteiger partial charge in [0.1, 0.15) is 6.73 Å². The van der Waals surface area contributed by atoms with Crippen LogP contribution in [0.5, 0.6) is 5.75 Å². The topological polar surface area (TPSA) is 61.3 Å². The minimum absolute atomic E-state index is 0.0423. The maximum Gasteiger partial charge on any atom is 0.165 e. The average molecular weight is 184 g/mol. The lowest BCUT2D eigenvalue weighted by Gasteiger charge is -2.09. The zero-order valence-electron chi connectivity index (χ0n) is 7.46. The van der Waals surface area contributed by atoms with E-state index in [9.17, 15) is 4.39 Å². The molecule has 13 heavy (non-hydrogen) atoms. The Morgan fingerprint density at radius 2 is 2.23 bits per heavy atom. The van der Waals surface area contributed by atoms with Gasteiger partial charge in [0.15, 0.2) is 11.6 Å². The molecule has 0 aliphatic heterocycles. The molecule has 0 bridgehead atoms. The van der Waals surface area contributed by atoms with Crippen LogP contribution in [0.3, 0.4) is 0 Å². The maximum atomic E-state index is 13.0. The van der Waals surface area contributed by atoms with E-state index in [0.717, 1.165) is 5.56 Å². The van der Waals surface area contributed by atoms with Gasteiger partial charge in [-0.25, -0.2) is 4.39 Å². The number of benzene rings is 1. The standard InChI is InChI=1S/C9H13FN2O/c1-6(12)7-2-3-8(10)9(4-7)13-5-11/h2-4,6H,5,11-12H2,1H3/t6-/m1/s1. The number of hydrogen-bond acceptors (Lipinski definition) is 3. The number of rotatable bonds is 3. The van der Waals surface area contributed by atoms with Gasteiger partial charge in [0.05, 0.1) is 0 Å². The normalized spacial score (nSPS) is 12.6. The highest BCUT2D eigenvalue weighted by Gasteiger charge is 2.06. The van der Waals surface area contributed by atoms with Gasteiger partial charge < -0.3 is 10.5 Å². The van der Waals surface area contributed by atoms with E-state index in [0.29, 0.717) is 0 Å².